The Balaban J connectivity index is 1.91. The van der Waals surface area contributed by atoms with E-state index in [4.69, 9.17) is 5.73 Å². The summed E-state index contributed by atoms with van der Waals surface area (Å²) in [6.07, 6.45) is 3.87. The van der Waals surface area contributed by atoms with Gasteiger partial charge in [0, 0.05) is 17.0 Å². The van der Waals surface area contributed by atoms with Gasteiger partial charge in [0.1, 0.15) is 5.52 Å². The first-order chi connectivity index (χ1) is 11.7. The summed E-state index contributed by atoms with van der Waals surface area (Å²) in [6, 6.07) is 18.7. The highest BCUT2D eigenvalue weighted by molar-refractivity contribution is 6.09. The Morgan fingerprint density at radius 2 is 1.67 bits per heavy atom. The van der Waals surface area contributed by atoms with Gasteiger partial charge >= 0.3 is 0 Å². The number of aromatic nitrogens is 2. The maximum atomic E-state index is 6.17. The Bertz CT molecular complexity index is 1020. The molecule has 0 spiro atoms. The summed E-state index contributed by atoms with van der Waals surface area (Å²) in [6.45, 7) is 2.12. The molecule has 2 aromatic heterocycles. The summed E-state index contributed by atoms with van der Waals surface area (Å²) in [5, 5.41) is 2.27. The van der Waals surface area contributed by atoms with Gasteiger partial charge in [-0.2, -0.15) is 0 Å². The number of benzene rings is 2. The molecule has 4 aromatic rings. The van der Waals surface area contributed by atoms with E-state index in [0.29, 0.717) is 5.82 Å². The molecule has 3 heteroatoms. The molecule has 0 bridgehead atoms. The van der Waals surface area contributed by atoms with Crippen molar-refractivity contribution in [2.45, 2.75) is 19.8 Å². The van der Waals surface area contributed by atoms with Crippen molar-refractivity contribution < 1.29 is 0 Å². The Morgan fingerprint density at radius 3 is 2.50 bits per heavy atom. The third kappa shape index (κ3) is 2.48. The maximum absolute atomic E-state index is 6.17. The molecule has 0 aliphatic carbocycles. The minimum absolute atomic E-state index is 0.504. The van der Waals surface area contributed by atoms with Crippen LogP contribution in [-0.4, -0.2) is 9.97 Å². The summed E-state index contributed by atoms with van der Waals surface area (Å²) < 4.78 is 0. The van der Waals surface area contributed by atoms with E-state index in [0.717, 1.165) is 34.6 Å². The van der Waals surface area contributed by atoms with E-state index in [1.54, 1.807) is 0 Å². The predicted molar refractivity (Wildman–Crippen MR) is 100 cm³/mol. The Kier molecular flexibility index (Phi) is 3.62. The van der Waals surface area contributed by atoms with Crippen LogP contribution in [0, 0.1) is 6.92 Å². The highest BCUT2D eigenvalue weighted by atomic mass is 14.9. The molecule has 2 aromatic carbocycles. The van der Waals surface area contributed by atoms with Crippen molar-refractivity contribution in [2.75, 3.05) is 5.73 Å². The number of aryl methyl sites for hydroxylation is 3. The number of hydrogen-bond acceptors (Lipinski definition) is 3. The van der Waals surface area contributed by atoms with Crippen molar-refractivity contribution in [3.8, 4) is 0 Å². The maximum Gasteiger partial charge on any atom is 0.150 e. The van der Waals surface area contributed by atoms with Crippen molar-refractivity contribution in [3.05, 3.63) is 77.5 Å². The number of nitrogens with two attached hydrogens (primary N) is 1. The van der Waals surface area contributed by atoms with Gasteiger partial charge in [-0.25, -0.2) is 4.98 Å². The summed E-state index contributed by atoms with van der Waals surface area (Å²) in [7, 11) is 0. The minimum atomic E-state index is 0.504. The van der Waals surface area contributed by atoms with Crippen LogP contribution in [0.25, 0.3) is 21.8 Å². The van der Waals surface area contributed by atoms with Crippen LogP contribution < -0.4 is 5.73 Å². The summed E-state index contributed by atoms with van der Waals surface area (Å²) >= 11 is 0. The van der Waals surface area contributed by atoms with E-state index in [9.17, 15) is 0 Å². The number of anilines is 1. The molecular weight excluding hydrogens is 294 g/mol. The number of rotatable bonds is 3. The van der Waals surface area contributed by atoms with Gasteiger partial charge in [-0.15, -0.1) is 0 Å². The number of fused-ring (bicyclic) bond motifs is 3. The lowest BCUT2D eigenvalue weighted by Gasteiger charge is -2.13. The molecule has 3 nitrogen and oxygen atoms in total. The number of pyridine rings is 2. The second-order valence-electron chi connectivity index (χ2n) is 6.14. The normalized spacial score (nSPS) is 11.2. The largest absolute Gasteiger partial charge is 0.382 e. The van der Waals surface area contributed by atoms with Crippen molar-refractivity contribution >= 4 is 27.6 Å². The van der Waals surface area contributed by atoms with Gasteiger partial charge in [-0.05, 0) is 42.5 Å². The quantitative estimate of drug-likeness (QED) is 0.568. The van der Waals surface area contributed by atoms with E-state index < -0.39 is 0 Å². The minimum Gasteiger partial charge on any atom is -0.382 e. The van der Waals surface area contributed by atoms with Gasteiger partial charge in [0.15, 0.2) is 5.82 Å². The number of hydrogen-bond donors (Lipinski definition) is 1. The molecule has 118 valence electrons. The molecule has 0 saturated heterocycles. The highest BCUT2D eigenvalue weighted by Gasteiger charge is 2.13. The van der Waals surface area contributed by atoms with E-state index in [1.807, 2.05) is 24.4 Å². The van der Waals surface area contributed by atoms with Gasteiger partial charge in [0.05, 0.1) is 5.52 Å². The average Bonchev–Trinajstić information content (AvgIpc) is 2.61. The highest BCUT2D eigenvalue weighted by Crippen LogP contribution is 2.31. The fourth-order valence-electron chi connectivity index (χ4n) is 3.33. The van der Waals surface area contributed by atoms with E-state index in [-0.39, 0.29) is 0 Å². The molecule has 2 N–H and O–H groups in total. The van der Waals surface area contributed by atoms with E-state index >= 15 is 0 Å². The van der Waals surface area contributed by atoms with Gasteiger partial charge in [-0.1, -0.05) is 48.5 Å². The zero-order valence-corrected chi connectivity index (χ0v) is 13.7. The lowest BCUT2D eigenvalue weighted by atomic mass is 9.95. The van der Waals surface area contributed by atoms with Crippen molar-refractivity contribution in [1.82, 2.24) is 9.97 Å². The SMILES string of the molecule is Cc1cnc2c(N)nc3ccccc3c2c1CCc1ccccc1. The third-order valence-electron chi connectivity index (χ3n) is 4.57. The van der Waals surface area contributed by atoms with Gasteiger partial charge in [0.25, 0.3) is 0 Å². The second kappa shape index (κ2) is 5.93. The van der Waals surface area contributed by atoms with Gasteiger partial charge in [0.2, 0.25) is 0 Å². The third-order valence-corrected chi connectivity index (χ3v) is 4.57. The molecule has 4 rings (SSSR count). The van der Waals surface area contributed by atoms with Crippen LogP contribution in [-0.2, 0) is 12.8 Å². The first-order valence-electron chi connectivity index (χ1n) is 8.20. The summed E-state index contributed by atoms with van der Waals surface area (Å²) in [5.41, 5.74) is 11.8. The predicted octanol–water partition coefficient (Wildman–Crippen LogP) is 4.46. The molecule has 0 atom stereocenters. The van der Waals surface area contributed by atoms with Gasteiger partial charge < -0.3 is 5.73 Å². The molecule has 24 heavy (non-hydrogen) atoms. The van der Waals surface area contributed by atoms with Crippen molar-refractivity contribution in [3.63, 3.8) is 0 Å². The molecule has 0 aliphatic heterocycles. The lowest BCUT2D eigenvalue weighted by molar-refractivity contribution is 0.956. The molecule has 0 radical (unpaired) electrons. The van der Waals surface area contributed by atoms with Crippen LogP contribution in [0.15, 0.2) is 60.8 Å². The summed E-state index contributed by atoms with van der Waals surface area (Å²) in [4.78, 5) is 9.07. The first-order valence-corrected chi connectivity index (χ1v) is 8.20. The van der Waals surface area contributed by atoms with Crippen LogP contribution in [0.1, 0.15) is 16.7 Å². The second-order valence-corrected chi connectivity index (χ2v) is 6.14. The zero-order valence-electron chi connectivity index (χ0n) is 13.7. The van der Waals surface area contributed by atoms with Crippen LogP contribution in [0.5, 0.6) is 0 Å². The molecular formula is C21H19N3. The smallest absolute Gasteiger partial charge is 0.150 e. The van der Waals surface area contributed by atoms with Crippen LogP contribution in [0.3, 0.4) is 0 Å². The molecule has 0 amide bonds. The molecule has 0 saturated carbocycles. The lowest BCUT2D eigenvalue weighted by Crippen LogP contribution is -2.02. The van der Waals surface area contributed by atoms with Crippen molar-refractivity contribution in [1.29, 1.82) is 0 Å². The fraction of sp³-hybridized carbons (Fsp3) is 0.143. The van der Waals surface area contributed by atoms with E-state index in [2.05, 4.69) is 53.3 Å². The van der Waals surface area contributed by atoms with Crippen molar-refractivity contribution in [2.24, 2.45) is 0 Å². The Hall–Kier alpha value is -2.94. The van der Waals surface area contributed by atoms with Crippen LogP contribution in [0.2, 0.25) is 0 Å². The standard InChI is InChI=1S/C21H19N3/c1-14-13-23-20-19(16(14)12-11-15-7-3-2-4-8-15)17-9-5-6-10-18(17)24-21(20)22/h2-10,13H,11-12H2,1H3,(H2,22,24). The molecule has 0 fully saturated rings. The summed E-state index contributed by atoms with van der Waals surface area (Å²) in [5.74, 6) is 0.504. The number of nitrogens with zero attached hydrogens (tertiary/aromatic N) is 2. The topological polar surface area (TPSA) is 51.8 Å². The Morgan fingerprint density at radius 1 is 0.917 bits per heavy atom. The van der Waals surface area contributed by atoms with Gasteiger partial charge in [-0.3, -0.25) is 4.98 Å². The fourth-order valence-corrected chi connectivity index (χ4v) is 3.33. The molecule has 2 heterocycles. The number of nitrogen functional groups attached to an aromatic ring is 1. The zero-order chi connectivity index (χ0) is 16.5. The average molecular weight is 313 g/mol. The van der Waals surface area contributed by atoms with E-state index in [1.165, 1.54) is 16.7 Å². The first kappa shape index (κ1) is 14.6. The van der Waals surface area contributed by atoms with Crippen LogP contribution >= 0.6 is 0 Å². The number of para-hydroxylation sites is 1. The molecule has 0 unspecified atom stereocenters. The monoisotopic (exact) mass is 313 g/mol. The molecule has 0 aliphatic rings. The Labute approximate surface area is 141 Å². The van der Waals surface area contributed by atoms with Crippen LogP contribution in [0.4, 0.5) is 5.82 Å².